The van der Waals surface area contributed by atoms with E-state index in [1.54, 1.807) is 18.2 Å². The molecule has 1 aromatic carbocycles. The zero-order valence-electron chi connectivity index (χ0n) is 8.43. The smallest absolute Gasteiger partial charge is 0.336 e. The molecule has 0 spiro atoms. The van der Waals surface area contributed by atoms with Crippen LogP contribution in [-0.2, 0) is 4.79 Å². The van der Waals surface area contributed by atoms with Gasteiger partial charge in [0.25, 0.3) is 0 Å². The number of carboxylic acid groups (broad SMARTS) is 1. The van der Waals surface area contributed by atoms with Crippen LogP contribution >= 0.6 is 0 Å². The maximum absolute atomic E-state index is 10.9. The van der Waals surface area contributed by atoms with E-state index in [4.69, 9.17) is 5.11 Å². The van der Waals surface area contributed by atoms with Crippen LogP contribution in [0.25, 0.3) is 5.57 Å². The number of carbonyl (C=O) groups excluding carboxylic acids is 1. The van der Waals surface area contributed by atoms with E-state index in [2.05, 4.69) is 0 Å². The largest absolute Gasteiger partial charge is 0.478 e. The topological polar surface area (TPSA) is 54.4 Å². The number of aldehydes is 1. The molecule has 15 heavy (non-hydrogen) atoms. The summed E-state index contributed by atoms with van der Waals surface area (Å²) in [7, 11) is 0. The second-order valence-corrected chi connectivity index (χ2v) is 3.03. The van der Waals surface area contributed by atoms with Crippen molar-refractivity contribution in [3.63, 3.8) is 0 Å². The van der Waals surface area contributed by atoms with E-state index in [1.807, 2.05) is 6.92 Å². The molecule has 0 atom stereocenters. The summed E-state index contributed by atoms with van der Waals surface area (Å²) in [6.07, 6.45) is 2.71. The molecule has 0 aliphatic rings. The van der Waals surface area contributed by atoms with E-state index in [0.717, 1.165) is 5.57 Å². The summed E-state index contributed by atoms with van der Waals surface area (Å²) in [5, 5.41) is 8.96. The van der Waals surface area contributed by atoms with Gasteiger partial charge in [-0.2, -0.15) is 0 Å². The number of aromatic carboxylic acids is 1. The molecule has 0 unspecified atom stereocenters. The summed E-state index contributed by atoms with van der Waals surface area (Å²) in [6, 6.07) is 6.67. The zero-order chi connectivity index (χ0) is 11.3. The SMILES string of the molecule is CCC(=CC=O)c1ccccc1C(=O)O. The maximum Gasteiger partial charge on any atom is 0.336 e. The van der Waals surface area contributed by atoms with E-state index in [-0.39, 0.29) is 5.56 Å². The minimum Gasteiger partial charge on any atom is -0.478 e. The van der Waals surface area contributed by atoms with Crippen LogP contribution in [0.15, 0.2) is 30.3 Å². The Hall–Kier alpha value is -1.90. The first-order valence-electron chi connectivity index (χ1n) is 4.67. The quantitative estimate of drug-likeness (QED) is 0.605. The number of carbonyl (C=O) groups is 2. The second kappa shape index (κ2) is 5.10. The van der Waals surface area contributed by atoms with Gasteiger partial charge >= 0.3 is 5.97 Å². The molecule has 1 N–H and O–H groups in total. The number of rotatable bonds is 4. The minimum atomic E-state index is -0.976. The molecule has 0 heterocycles. The highest BCUT2D eigenvalue weighted by Gasteiger charge is 2.10. The molecule has 0 aliphatic heterocycles. The predicted molar refractivity (Wildman–Crippen MR) is 57.7 cm³/mol. The third-order valence-electron chi connectivity index (χ3n) is 2.15. The van der Waals surface area contributed by atoms with Gasteiger partial charge in [-0.05, 0) is 29.7 Å². The Morgan fingerprint density at radius 2 is 1.93 bits per heavy atom. The molecule has 78 valence electrons. The van der Waals surface area contributed by atoms with Gasteiger partial charge in [-0.1, -0.05) is 25.1 Å². The predicted octanol–water partition coefficient (Wildman–Crippen LogP) is 2.38. The van der Waals surface area contributed by atoms with Crippen molar-refractivity contribution in [2.24, 2.45) is 0 Å². The van der Waals surface area contributed by atoms with Crippen molar-refractivity contribution < 1.29 is 14.7 Å². The van der Waals surface area contributed by atoms with Gasteiger partial charge in [0.05, 0.1) is 5.56 Å². The molecule has 3 nitrogen and oxygen atoms in total. The molecule has 0 saturated heterocycles. The second-order valence-electron chi connectivity index (χ2n) is 3.03. The van der Waals surface area contributed by atoms with Gasteiger partial charge in [0, 0.05) is 0 Å². The highest BCUT2D eigenvalue weighted by Crippen LogP contribution is 2.21. The molecule has 0 fully saturated rings. The lowest BCUT2D eigenvalue weighted by Crippen LogP contribution is -2.01. The lowest BCUT2D eigenvalue weighted by atomic mass is 9.98. The maximum atomic E-state index is 10.9. The fourth-order valence-corrected chi connectivity index (χ4v) is 1.43. The fourth-order valence-electron chi connectivity index (χ4n) is 1.43. The highest BCUT2D eigenvalue weighted by atomic mass is 16.4. The molecule has 1 aromatic rings. The summed E-state index contributed by atoms with van der Waals surface area (Å²) in [4.78, 5) is 21.3. The molecular formula is C12H12O3. The van der Waals surface area contributed by atoms with Gasteiger partial charge in [0.2, 0.25) is 0 Å². The molecule has 3 heteroatoms. The van der Waals surface area contributed by atoms with Gasteiger partial charge in [0.15, 0.2) is 0 Å². The Balaban J connectivity index is 3.28. The number of carboxylic acids is 1. The third-order valence-corrected chi connectivity index (χ3v) is 2.15. The van der Waals surface area contributed by atoms with Crippen LogP contribution in [0.4, 0.5) is 0 Å². The zero-order valence-corrected chi connectivity index (χ0v) is 8.43. The van der Waals surface area contributed by atoms with Crippen molar-refractivity contribution >= 4 is 17.8 Å². The number of allylic oxidation sites excluding steroid dienone is 2. The summed E-state index contributed by atoms with van der Waals surface area (Å²) < 4.78 is 0. The molecule has 0 saturated carbocycles. The Kier molecular flexibility index (Phi) is 3.80. The standard InChI is InChI=1S/C12H12O3/c1-2-9(7-8-13)10-5-3-4-6-11(10)12(14)15/h3-8H,2H2,1H3,(H,14,15). The Bertz CT molecular complexity index is 405. The Morgan fingerprint density at radius 1 is 1.33 bits per heavy atom. The van der Waals surface area contributed by atoms with Crippen LogP contribution in [0.2, 0.25) is 0 Å². The van der Waals surface area contributed by atoms with Gasteiger partial charge in [-0.15, -0.1) is 0 Å². The molecule has 0 radical (unpaired) electrons. The van der Waals surface area contributed by atoms with Crippen molar-refractivity contribution in [3.05, 3.63) is 41.5 Å². The molecule has 1 rings (SSSR count). The third kappa shape index (κ3) is 2.53. The molecule has 0 bridgehead atoms. The Morgan fingerprint density at radius 3 is 2.40 bits per heavy atom. The normalized spacial score (nSPS) is 11.1. The van der Waals surface area contributed by atoms with Crippen LogP contribution in [0, 0.1) is 0 Å². The minimum absolute atomic E-state index is 0.229. The van der Waals surface area contributed by atoms with Gasteiger partial charge in [-0.25, -0.2) is 4.79 Å². The molecule has 0 aliphatic carbocycles. The lowest BCUT2D eigenvalue weighted by molar-refractivity contribution is -0.104. The average Bonchev–Trinajstić information content (AvgIpc) is 2.26. The van der Waals surface area contributed by atoms with Crippen LogP contribution in [0.3, 0.4) is 0 Å². The van der Waals surface area contributed by atoms with Gasteiger partial charge in [-0.3, -0.25) is 4.79 Å². The summed E-state index contributed by atoms with van der Waals surface area (Å²) in [5.41, 5.74) is 1.58. The lowest BCUT2D eigenvalue weighted by Gasteiger charge is -2.07. The van der Waals surface area contributed by atoms with E-state index in [9.17, 15) is 9.59 Å². The first-order chi connectivity index (χ1) is 7.20. The van der Waals surface area contributed by atoms with E-state index < -0.39 is 5.97 Å². The highest BCUT2D eigenvalue weighted by molar-refractivity contribution is 5.95. The molecule has 0 amide bonds. The number of hydrogen-bond acceptors (Lipinski definition) is 2. The monoisotopic (exact) mass is 204 g/mol. The first-order valence-corrected chi connectivity index (χ1v) is 4.67. The van der Waals surface area contributed by atoms with Crippen LogP contribution in [0.1, 0.15) is 29.3 Å². The fraction of sp³-hybridized carbons (Fsp3) is 0.167. The van der Waals surface area contributed by atoms with Crippen LogP contribution in [-0.4, -0.2) is 17.4 Å². The molecular weight excluding hydrogens is 192 g/mol. The van der Waals surface area contributed by atoms with Crippen LogP contribution < -0.4 is 0 Å². The van der Waals surface area contributed by atoms with E-state index in [0.29, 0.717) is 18.3 Å². The van der Waals surface area contributed by atoms with Crippen LogP contribution in [0.5, 0.6) is 0 Å². The molecule has 0 aromatic heterocycles. The van der Waals surface area contributed by atoms with Crippen molar-refractivity contribution in [3.8, 4) is 0 Å². The van der Waals surface area contributed by atoms with Crippen molar-refractivity contribution in [1.29, 1.82) is 0 Å². The Labute approximate surface area is 88.0 Å². The van der Waals surface area contributed by atoms with E-state index in [1.165, 1.54) is 12.1 Å². The average molecular weight is 204 g/mol. The number of benzene rings is 1. The first kappa shape index (κ1) is 11.2. The summed E-state index contributed by atoms with van der Waals surface area (Å²) >= 11 is 0. The van der Waals surface area contributed by atoms with E-state index >= 15 is 0 Å². The summed E-state index contributed by atoms with van der Waals surface area (Å²) in [6.45, 7) is 1.88. The van der Waals surface area contributed by atoms with Gasteiger partial charge in [0.1, 0.15) is 6.29 Å². The van der Waals surface area contributed by atoms with Crippen molar-refractivity contribution in [2.45, 2.75) is 13.3 Å². The number of hydrogen-bond donors (Lipinski definition) is 1. The van der Waals surface area contributed by atoms with Crippen molar-refractivity contribution in [1.82, 2.24) is 0 Å². The van der Waals surface area contributed by atoms with Crippen molar-refractivity contribution in [2.75, 3.05) is 0 Å². The van der Waals surface area contributed by atoms with Gasteiger partial charge < -0.3 is 5.11 Å². The summed E-state index contributed by atoms with van der Waals surface area (Å²) in [5.74, 6) is -0.976.